The topological polar surface area (TPSA) is 9.23 Å². The molecule has 0 N–H and O–H groups in total. The van der Waals surface area contributed by atoms with Gasteiger partial charge in [-0.1, -0.05) is 60.7 Å². The minimum atomic E-state index is 0.881. The predicted molar refractivity (Wildman–Crippen MR) is 73.4 cm³/mol. The van der Waals surface area contributed by atoms with Crippen LogP contribution in [0.3, 0.4) is 0 Å². The second-order valence-corrected chi connectivity index (χ2v) is 3.89. The molecule has 0 amide bonds. The third-order valence-corrected chi connectivity index (χ3v) is 2.75. The highest BCUT2D eigenvalue weighted by molar-refractivity contribution is 5.97. The minimum Gasteiger partial charge on any atom is -0.428 e. The standard InChI is InChI=1S/C12H10.C2H8OSi/c1-3-7-11(8-4-1)12-9-5-2-6-10-12;1-2-3-4/h1-10H;2H2,1,4H3. The van der Waals surface area contributed by atoms with Gasteiger partial charge in [0.15, 0.2) is 0 Å². The van der Waals surface area contributed by atoms with Crippen molar-refractivity contribution in [3.63, 3.8) is 0 Å². The van der Waals surface area contributed by atoms with Crippen LogP contribution in [0.1, 0.15) is 6.92 Å². The van der Waals surface area contributed by atoms with Gasteiger partial charge in [0.25, 0.3) is 0 Å². The van der Waals surface area contributed by atoms with Crippen molar-refractivity contribution >= 4 is 10.5 Å². The molecular formula is C14H18OSi. The summed E-state index contributed by atoms with van der Waals surface area (Å²) < 4.78 is 4.68. The molecule has 0 aromatic heterocycles. The van der Waals surface area contributed by atoms with Crippen LogP contribution >= 0.6 is 0 Å². The van der Waals surface area contributed by atoms with E-state index in [-0.39, 0.29) is 0 Å². The van der Waals surface area contributed by atoms with E-state index in [1.54, 1.807) is 0 Å². The van der Waals surface area contributed by atoms with Gasteiger partial charge in [-0.3, -0.25) is 0 Å². The first-order chi connectivity index (χ1) is 7.88. The summed E-state index contributed by atoms with van der Waals surface area (Å²) in [5, 5.41) is 0. The Hall–Kier alpha value is -1.38. The molecule has 0 radical (unpaired) electrons. The smallest absolute Gasteiger partial charge is 0.145 e. The zero-order chi connectivity index (χ0) is 11.6. The third kappa shape index (κ3) is 4.42. The molecule has 2 aromatic rings. The second-order valence-electron chi connectivity index (χ2n) is 3.31. The monoisotopic (exact) mass is 230 g/mol. The summed E-state index contributed by atoms with van der Waals surface area (Å²) in [5.41, 5.74) is 2.55. The first kappa shape index (κ1) is 12.7. The molecule has 2 rings (SSSR count). The van der Waals surface area contributed by atoms with Gasteiger partial charge in [-0.2, -0.15) is 0 Å². The normalized spacial score (nSPS) is 9.31. The maximum atomic E-state index is 4.68. The van der Waals surface area contributed by atoms with Gasteiger partial charge in [0, 0.05) is 6.61 Å². The van der Waals surface area contributed by atoms with E-state index < -0.39 is 0 Å². The van der Waals surface area contributed by atoms with E-state index >= 15 is 0 Å². The van der Waals surface area contributed by atoms with E-state index in [1.807, 2.05) is 19.1 Å². The lowest BCUT2D eigenvalue weighted by atomic mass is 10.1. The molecule has 0 aliphatic carbocycles. The molecule has 0 bridgehead atoms. The first-order valence-electron chi connectivity index (χ1n) is 5.48. The van der Waals surface area contributed by atoms with E-state index in [1.165, 1.54) is 11.1 Å². The molecule has 0 atom stereocenters. The molecule has 16 heavy (non-hydrogen) atoms. The quantitative estimate of drug-likeness (QED) is 0.721. The van der Waals surface area contributed by atoms with Crippen molar-refractivity contribution in [2.75, 3.05) is 6.61 Å². The molecule has 1 nitrogen and oxygen atoms in total. The molecule has 0 fully saturated rings. The predicted octanol–water partition coefficient (Wildman–Crippen LogP) is 2.66. The van der Waals surface area contributed by atoms with Crippen LogP contribution < -0.4 is 0 Å². The molecule has 0 heterocycles. The SMILES string of the molecule is CCO[SiH3].c1ccc(-c2ccccc2)cc1. The molecule has 0 aliphatic heterocycles. The highest BCUT2D eigenvalue weighted by Gasteiger charge is 1.91. The molecule has 2 aromatic carbocycles. The average molecular weight is 230 g/mol. The van der Waals surface area contributed by atoms with Crippen molar-refractivity contribution < 1.29 is 4.43 Å². The van der Waals surface area contributed by atoms with Crippen LogP contribution in [0.25, 0.3) is 11.1 Å². The van der Waals surface area contributed by atoms with Crippen LogP contribution in [-0.2, 0) is 4.43 Å². The lowest BCUT2D eigenvalue weighted by molar-refractivity contribution is 0.375. The van der Waals surface area contributed by atoms with Gasteiger partial charge in [-0.05, 0) is 18.1 Å². The Labute approximate surface area is 101 Å². The van der Waals surface area contributed by atoms with E-state index in [0.29, 0.717) is 0 Å². The van der Waals surface area contributed by atoms with Crippen LogP contribution in [0.2, 0.25) is 0 Å². The van der Waals surface area contributed by atoms with E-state index in [0.717, 1.165) is 17.1 Å². The van der Waals surface area contributed by atoms with Crippen LogP contribution in [-0.4, -0.2) is 17.1 Å². The van der Waals surface area contributed by atoms with E-state index in [2.05, 4.69) is 53.0 Å². The molecule has 84 valence electrons. The molecule has 0 unspecified atom stereocenters. The number of benzene rings is 2. The Morgan fingerprint density at radius 2 is 1.12 bits per heavy atom. The molecule has 0 saturated carbocycles. The Bertz CT molecular complexity index is 333. The van der Waals surface area contributed by atoms with Gasteiger partial charge in [0.1, 0.15) is 10.5 Å². The van der Waals surface area contributed by atoms with Gasteiger partial charge in [-0.15, -0.1) is 0 Å². The Kier molecular flexibility index (Phi) is 6.22. The van der Waals surface area contributed by atoms with Crippen LogP contribution in [0.15, 0.2) is 60.7 Å². The number of hydrogen-bond acceptors (Lipinski definition) is 1. The van der Waals surface area contributed by atoms with Crippen LogP contribution in [0.4, 0.5) is 0 Å². The fourth-order valence-electron chi connectivity index (χ4n) is 1.26. The first-order valence-corrected chi connectivity index (χ1v) is 6.29. The third-order valence-electron chi connectivity index (χ3n) is 2.17. The zero-order valence-electron chi connectivity index (χ0n) is 9.89. The average Bonchev–Trinajstić information content (AvgIpc) is 2.41. The minimum absolute atomic E-state index is 0.881. The van der Waals surface area contributed by atoms with Crippen molar-refractivity contribution in [1.82, 2.24) is 0 Å². The molecular weight excluding hydrogens is 212 g/mol. The Balaban J connectivity index is 0.000000280. The van der Waals surface area contributed by atoms with Gasteiger partial charge in [-0.25, -0.2) is 0 Å². The summed E-state index contributed by atoms with van der Waals surface area (Å²) in [6.45, 7) is 2.87. The highest BCUT2D eigenvalue weighted by atomic mass is 28.2. The van der Waals surface area contributed by atoms with Crippen LogP contribution in [0, 0.1) is 0 Å². The van der Waals surface area contributed by atoms with Crippen molar-refractivity contribution in [2.24, 2.45) is 0 Å². The van der Waals surface area contributed by atoms with Crippen molar-refractivity contribution in [3.8, 4) is 11.1 Å². The van der Waals surface area contributed by atoms with Gasteiger partial charge in [0.2, 0.25) is 0 Å². The zero-order valence-corrected chi connectivity index (χ0v) is 11.9. The van der Waals surface area contributed by atoms with E-state index in [4.69, 9.17) is 0 Å². The summed E-state index contributed by atoms with van der Waals surface area (Å²) in [5.74, 6) is 0. The van der Waals surface area contributed by atoms with Gasteiger partial charge in [0.05, 0.1) is 0 Å². The number of rotatable bonds is 2. The highest BCUT2D eigenvalue weighted by Crippen LogP contribution is 2.17. The summed E-state index contributed by atoms with van der Waals surface area (Å²) in [6.07, 6.45) is 0. The van der Waals surface area contributed by atoms with Gasteiger partial charge < -0.3 is 4.43 Å². The molecule has 0 spiro atoms. The Morgan fingerprint density at radius 1 is 0.812 bits per heavy atom. The van der Waals surface area contributed by atoms with Crippen molar-refractivity contribution in [2.45, 2.75) is 6.92 Å². The fourth-order valence-corrected chi connectivity index (χ4v) is 1.26. The molecule has 0 aliphatic rings. The van der Waals surface area contributed by atoms with Crippen molar-refractivity contribution in [1.29, 1.82) is 0 Å². The Morgan fingerprint density at radius 3 is 1.38 bits per heavy atom. The lowest BCUT2D eigenvalue weighted by Gasteiger charge is -1.98. The fraction of sp³-hybridized carbons (Fsp3) is 0.143. The summed E-state index contributed by atoms with van der Waals surface area (Å²) in [7, 11) is 0.890. The maximum Gasteiger partial charge on any atom is 0.145 e. The molecule has 0 saturated heterocycles. The molecule has 2 heteroatoms. The summed E-state index contributed by atoms with van der Waals surface area (Å²) in [4.78, 5) is 0. The largest absolute Gasteiger partial charge is 0.428 e. The van der Waals surface area contributed by atoms with Crippen LogP contribution in [0.5, 0.6) is 0 Å². The lowest BCUT2D eigenvalue weighted by Crippen LogP contribution is -1.76. The second kappa shape index (κ2) is 7.85. The summed E-state index contributed by atoms with van der Waals surface area (Å²) >= 11 is 0. The van der Waals surface area contributed by atoms with Gasteiger partial charge >= 0.3 is 0 Å². The number of hydrogen-bond donors (Lipinski definition) is 0. The van der Waals surface area contributed by atoms with Crippen molar-refractivity contribution in [3.05, 3.63) is 60.7 Å². The maximum absolute atomic E-state index is 4.68. The van der Waals surface area contributed by atoms with E-state index in [9.17, 15) is 0 Å². The summed E-state index contributed by atoms with van der Waals surface area (Å²) in [6, 6.07) is 20.8.